The van der Waals surface area contributed by atoms with Gasteiger partial charge in [0.1, 0.15) is 5.75 Å². The summed E-state index contributed by atoms with van der Waals surface area (Å²) in [6, 6.07) is 12.1. The number of aryl methyl sites for hydroxylation is 1. The Balaban J connectivity index is 2.02. The first kappa shape index (κ1) is 12.6. The molecule has 2 rings (SSSR count). The van der Waals surface area contributed by atoms with E-state index in [-0.39, 0.29) is 5.92 Å². The Labute approximate surface area is 108 Å². The molecule has 1 unspecified atom stereocenters. The lowest BCUT2D eigenvalue weighted by molar-refractivity contribution is 0.289. The minimum absolute atomic E-state index is 0.213. The number of pyridine rings is 1. The quantitative estimate of drug-likeness (QED) is 0.876. The molecular formula is C15H18N2O. The van der Waals surface area contributed by atoms with Gasteiger partial charge in [0.05, 0.1) is 12.8 Å². The van der Waals surface area contributed by atoms with Gasteiger partial charge in [0.2, 0.25) is 0 Å². The van der Waals surface area contributed by atoms with Gasteiger partial charge < -0.3 is 10.5 Å². The maximum atomic E-state index is 5.82. The van der Waals surface area contributed by atoms with Gasteiger partial charge in [0.15, 0.2) is 0 Å². The third kappa shape index (κ3) is 3.31. The normalized spacial score (nSPS) is 12.1. The van der Waals surface area contributed by atoms with E-state index in [9.17, 15) is 0 Å². The summed E-state index contributed by atoms with van der Waals surface area (Å²) in [4.78, 5) is 4.02. The minimum atomic E-state index is 0.213. The summed E-state index contributed by atoms with van der Waals surface area (Å²) in [6.07, 6.45) is 3.44. The third-order valence-electron chi connectivity index (χ3n) is 2.88. The molecule has 1 atom stereocenters. The van der Waals surface area contributed by atoms with Crippen LogP contribution in [-0.4, -0.2) is 18.1 Å². The molecule has 0 aliphatic rings. The Hall–Kier alpha value is -1.87. The first-order valence-corrected chi connectivity index (χ1v) is 6.09. The van der Waals surface area contributed by atoms with Gasteiger partial charge in [-0.05, 0) is 24.6 Å². The third-order valence-corrected chi connectivity index (χ3v) is 2.88. The van der Waals surface area contributed by atoms with Gasteiger partial charge in [0.25, 0.3) is 0 Å². The number of nitrogens with two attached hydrogens (primary N) is 1. The first-order valence-electron chi connectivity index (χ1n) is 6.09. The number of benzene rings is 1. The molecule has 2 N–H and O–H groups in total. The molecule has 0 fully saturated rings. The zero-order valence-electron chi connectivity index (χ0n) is 10.5. The molecule has 3 nitrogen and oxygen atoms in total. The second-order valence-electron chi connectivity index (χ2n) is 4.35. The number of hydrogen-bond donors (Lipinski definition) is 1. The van der Waals surface area contributed by atoms with Crippen LogP contribution in [0.5, 0.6) is 5.75 Å². The van der Waals surface area contributed by atoms with Crippen LogP contribution in [0.3, 0.4) is 0 Å². The lowest BCUT2D eigenvalue weighted by Gasteiger charge is -2.16. The fraction of sp³-hybridized carbons (Fsp3) is 0.267. The van der Waals surface area contributed by atoms with Crippen molar-refractivity contribution in [1.82, 2.24) is 4.98 Å². The summed E-state index contributed by atoms with van der Waals surface area (Å²) in [5, 5.41) is 0. The van der Waals surface area contributed by atoms with Crippen LogP contribution in [0, 0.1) is 6.92 Å². The minimum Gasteiger partial charge on any atom is -0.491 e. The number of hydrogen-bond acceptors (Lipinski definition) is 3. The monoisotopic (exact) mass is 242 g/mol. The average molecular weight is 242 g/mol. The Morgan fingerprint density at radius 2 is 2.17 bits per heavy atom. The fourth-order valence-electron chi connectivity index (χ4n) is 1.85. The van der Waals surface area contributed by atoms with Crippen LogP contribution < -0.4 is 10.5 Å². The molecule has 94 valence electrons. The summed E-state index contributed by atoms with van der Waals surface area (Å²) in [6.45, 7) is 3.23. The molecule has 1 aromatic heterocycles. The van der Waals surface area contributed by atoms with Crippen LogP contribution in [0.15, 0.2) is 48.8 Å². The maximum Gasteiger partial charge on any atom is 0.137 e. The SMILES string of the molecule is Cc1cccc(C(CN)COc2cccnc2)c1. The van der Waals surface area contributed by atoms with E-state index in [1.807, 2.05) is 12.1 Å². The van der Waals surface area contributed by atoms with Crippen molar-refractivity contribution in [3.63, 3.8) is 0 Å². The molecule has 0 radical (unpaired) electrons. The van der Waals surface area contributed by atoms with E-state index in [0.29, 0.717) is 13.2 Å². The number of nitrogens with zero attached hydrogens (tertiary/aromatic N) is 1. The molecule has 0 saturated heterocycles. The topological polar surface area (TPSA) is 48.1 Å². The number of aromatic nitrogens is 1. The summed E-state index contributed by atoms with van der Waals surface area (Å²) in [7, 11) is 0. The largest absolute Gasteiger partial charge is 0.491 e. The molecule has 0 aliphatic carbocycles. The van der Waals surface area contributed by atoms with Crippen LogP contribution in [-0.2, 0) is 0 Å². The van der Waals surface area contributed by atoms with E-state index < -0.39 is 0 Å². The Morgan fingerprint density at radius 1 is 1.28 bits per heavy atom. The number of rotatable bonds is 5. The molecule has 3 heteroatoms. The van der Waals surface area contributed by atoms with Crippen LogP contribution in [0.4, 0.5) is 0 Å². The Morgan fingerprint density at radius 3 is 2.83 bits per heavy atom. The van der Waals surface area contributed by atoms with Gasteiger partial charge in [-0.15, -0.1) is 0 Å². The molecule has 2 aromatic rings. The summed E-state index contributed by atoms with van der Waals surface area (Å²) in [5.41, 5.74) is 8.29. The molecule has 1 aromatic carbocycles. The molecule has 0 aliphatic heterocycles. The highest BCUT2D eigenvalue weighted by atomic mass is 16.5. The van der Waals surface area contributed by atoms with E-state index in [4.69, 9.17) is 10.5 Å². The predicted octanol–water partition coefficient (Wildman–Crippen LogP) is 2.51. The summed E-state index contributed by atoms with van der Waals surface area (Å²) < 4.78 is 5.71. The Kier molecular flexibility index (Phi) is 4.31. The van der Waals surface area contributed by atoms with Gasteiger partial charge in [-0.3, -0.25) is 4.98 Å². The molecular weight excluding hydrogens is 224 g/mol. The second kappa shape index (κ2) is 6.17. The van der Waals surface area contributed by atoms with Crippen molar-refractivity contribution in [3.8, 4) is 5.75 Å². The molecule has 18 heavy (non-hydrogen) atoms. The molecule has 0 amide bonds. The number of ether oxygens (including phenoxy) is 1. The van der Waals surface area contributed by atoms with Crippen LogP contribution in [0.25, 0.3) is 0 Å². The molecule has 0 spiro atoms. The van der Waals surface area contributed by atoms with Crippen molar-refractivity contribution in [3.05, 3.63) is 59.9 Å². The Bertz CT molecular complexity index is 485. The zero-order valence-corrected chi connectivity index (χ0v) is 10.5. The highest BCUT2D eigenvalue weighted by Crippen LogP contribution is 2.18. The standard InChI is InChI=1S/C15H18N2O/c1-12-4-2-5-13(8-12)14(9-16)11-18-15-6-3-7-17-10-15/h2-8,10,14H,9,11,16H2,1H3. The molecule has 0 saturated carbocycles. The van der Waals surface area contributed by atoms with Crippen LogP contribution in [0.1, 0.15) is 17.0 Å². The van der Waals surface area contributed by atoms with Crippen molar-refractivity contribution in [2.24, 2.45) is 5.73 Å². The molecule has 1 heterocycles. The van der Waals surface area contributed by atoms with Crippen molar-refractivity contribution < 1.29 is 4.74 Å². The first-order chi connectivity index (χ1) is 8.79. The van der Waals surface area contributed by atoms with Gasteiger partial charge in [0, 0.05) is 18.7 Å². The van der Waals surface area contributed by atoms with Gasteiger partial charge >= 0.3 is 0 Å². The highest BCUT2D eigenvalue weighted by molar-refractivity contribution is 5.26. The van der Waals surface area contributed by atoms with Crippen LogP contribution >= 0.6 is 0 Å². The van der Waals surface area contributed by atoms with Crippen molar-refractivity contribution in [2.75, 3.05) is 13.2 Å². The van der Waals surface area contributed by atoms with Crippen LogP contribution in [0.2, 0.25) is 0 Å². The smallest absolute Gasteiger partial charge is 0.137 e. The average Bonchev–Trinajstić information content (AvgIpc) is 2.41. The molecule has 0 bridgehead atoms. The van der Waals surface area contributed by atoms with Gasteiger partial charge in [-0.25, -0.2) is 0 Å². The summed E-state index contributed by atoms with van der Waals surface area (Å²) >= 11 is 0. The lowest BCUT2D eigenvalue weighted by Crippen LogP contribution is -2.19. The summed E-state index contributed by atoms with van der Waals surface area (Å²) in [5.74, 6) is 0.994. The second-order valence-corrected chi connectivity index (χ2v) is 4.35. The van der Waals surface area contributed by atoms with E-state index in [1.54, 1.807) is 12.4 Å². The predicted molar refractivity (Wildman–Crippen MR) is 72.7 cm³/mol. The fourth-order valence-corrected chi connectivity index (χ4v) is 1.85. The zero-order chi connectivity index (χ0) is 12.8. The van der Waals surface area contributed by atoms with Crippen molar-refractivity contribution >= 4 is 0 Å². The lowest BCUT2D eigenvalue weighted by atomic mass is 9.98. The highest BCUT2D eigenvalue weighted by Gasteiger charge is 2.10. The van der Waals surface area contributed by atoms with E-state index in [2.05, 4.69) is 36.2 Å². The van der Waals surface area contributed by atoms with E-state index in [0.717, 1.165) is 5.75 Å². The maximum absolute atomic E-state index is 5.82. The van der Waals surface area contributed by atoms with Gasteiger partial charge in [-0.1, -0.05) is 29.8 Å². The van der Waals surface area contributed by atoms with Crippen molar-refractivity contribution in [1.29, 1.82) is 0 Å². The van der Waals surface area contributed by atoms with Gasteiger partial charge in [-0.2, -0.15) is 0 Å². The van der Waals surface area contributed by atoms with E-state index in [1.165, 1.54) is 11.1 Å². The van der Waals surface area contributed by atoms with E-state index >= 15 is 0 Å². The van der Waals surface area contributed by atoms with Crippen molar-refractivity contribution in [2.45, 2.75) is 12.8 Å².